The standard InChI is InChI=1S/C35H66O5/c1-3-5-7-9-11-13-15-17-25-31-39-34(37)29-23-19-21-27-33(36)28-22-20-24-30-35(38)40-32-26-18-16-14-12-10-8-6-4-2/h3-32H2,1-2H3. The molecule has 0 heterocycles. The van der Waals surface area contributed by atoms with Crippen LogP contribution in [-0.2, 0) is 23.9 Å². The van der Waals surface area contributed by atoms with Crippen molar-refractivity contribution in [2.24, 2.45) is 0 Å². The quantitative estimate of drug-likeness (QED) is 0.0598. The van der Waals surface area contributed by atoms with E-state index in [2.05, 4.69) is 13.8 Å². The molecular formula is C35H66O5. The first kappa shape index (κ1) is 38.6. The van der Waals surface area contributed by atoms with Gasteiger partial charge in [-0.1, -0.05) is 129 Å². The van der Waals surface area contributed by atoms with E-state index in [1.54, 1.807) is 0 Å². The van der Waals surface area contributed by atoms with Crippen molar-refractivity contribution >= 4 is 17.7 Å². The number of ether oxygens (including phenoxy) is 2. The lowest BCUT2D eigenvalue weighted by molar-refractivity contribution is -0.144. The van der Waals surface area contributed by atoms with Crippen LogP contribution in [0.2, 0.25) is 0 Å². The van der Waals surface area contributed by atoms with Crippen molar-refractivity contribution in [1.82, 2.24) is 0 Å². The maximum absolute atomic E-state index is 12.1. The van der Waals surface area contributed by atoms with Gasteiger partial charge in [0.05, 0.1) is 13.2 Å². The lowest BCUT2D eigenvalue weighted by Gasteiger charge is -2.06. The number of carbonyl (C=O) groups is 3. The first-order valence-corrected chi connectivity index (χ1v) is 17.4. The molecule has 0 rings (SSSR count). The lowest BCUT2D eigenvalue weighted by Crippen LogP contribution is -2.06. The van der Waals surface area contributed by atoms with Crippen LogP contribution in [0.15, 0.2) is 0 Å². The van der Waals surface area contributed by atoms with Crippen molar-refractivity contribution in [2.45, 2.75) is 194 Å². The first-order chi connectivity index (χ1) is 19.6. The minimum Gasteiger partial charge on any atom is -0.466 e. The van der Waals surface area contributed by atoms with Gasteiger partial charge in [-0.2, -0.15) is 0 Å². The van der Waals surface area contributed by atoms with Gasteiger partial charge in [0.2, 0.25) is 0 Å². The number of hydrogen-bond acceptors (Lipinski definition) is 5. The normalized spacial score (nSPS) is 11.1. The molecular weight excluding hydrogens is 500 g/mol. The second-order valence-corrected chi connectivity index (χ2v) is 11.8. The van der Waals surface area contributed by atoms with Crippen molar-refractivity contribution in [2.75, 3.05) is 13.2 Å². The van der Waals surface area contributed by atoms with Crippen LogP contribution in [0.4, 0.5) is 0 Å². The predicted octanol–water partition coefficient (Wildman–Crippen LogP) is 10.6. The van der Waals surface area contributed by atoms with E-state index in [1.165, 1.54) is 89.9 Å². The summed E-state index contributed by atoms with van der Waals surface area (Å²) in [4.78, 5) is 35.8. The highest BCUT2D eigenvalue weighted by Gasteiger charge is 2.07. The average molecular weight is 567 g/mol. The third kappa shape index (κ3) is 31.1. The average Bonchev–Trinajstić information content (AvgIpc) is 2.94. The molecule has 5 heteroatoms. The van der Waals surface area contributed by atoms with Crippen LogP contribution >= 0.6 is 0 Å². The molecule has 0 aliphatic rings. The third-order valence-corrected chi connectivity index (χ3v) is 7.69. The van der Waals surface area contributed by atoms with Crippen LogP contribution in [0.3, 0.4) is 0 Å². The summed E-state index contributed by atoms with van der Waals surface area (Å²) in [7, 11) is 0. The van der Waals surface area contributed by atoms with E-state index in [0.717, 1.165) is 64.2 Å². The van der Waals surface area contributed by atoms with E-state index in [4.69, 9.17) is 9.47 Å². The highest BCUT2D eigenvalue weighted by molar-refractivity contribution is 5.78. The van der Waals surface area contributed by atoms with Crippen molar-refractivity contribution in [3.05, 3.63) is 0 Å². The zero-order valence-corrected chi connectivity index (χ0v) is 26.8. The van der Waals surface area contributed by atoms with Crippen molar-refractivity contribution in [1.29, 1.82) is 0 Å². The summed E-state index contributed by atoms with van der Waals surface area (Å²) in [6.07, 6.45) is 29.9. The minimum absolute atomic E-state index is 0.0995. The number of Topliss-reactive ketones (excluding diaryl/α,β-unsaturated/α-hetero) is 1. The molecule has 0 unspecified atom stereocenters. The van der Waals surface area contributed by atoms with Crippen LogP contribution in [0.5, 0.6) is 0 Å². The lowest BCUT2D eigenvalue weighted by atomic mass is 10.0. The Bertz CT molecular complexity index is 526. The Labute approximate surface area is 248 Å². The molecule has 236 valence electrons. The fraction of sp³-hybridized carbons (Fsp3) is 0.914. The van der Waals surface area contributed by atoms with Gasteiger partial charge in [-0.05, 0) is 38.5 Å². The SMILES string of the molecule is CCCCCCCCCCCOC(=O)CCCCCC(=O)CCCCCC(=O)OCCCCCCCCCCC. The minimum atomic E-state index is -0.0995. The van der Waals surface area contributed by atoms with Gasteiger partial charge in [0.1, 0.15) is 5.78 Å². The molecule has 0 aliphatic heterocycles. The Hall–Kier alpha value is -1.39. The molecule has 5 nitrogen and oxygen atoms in total. The monoisotopic (exact) mass is 566 g/mol. The third-order valence-electron chi connectivity index (χ3n) is 7.69. The molecule has 0 spiro atoms. The zero-order valence-electron chi connectivity index (χ0n) is 26.8. The van der Waals surface area contributed by atoms with E-state index in [-0.39, 0.29) is 11.9 Å². The van der Waals surface area contributed by atoms with Crippen LogP contribution in [0.1, 0.15) is 194 Å². The molecule has 0 saturated heterocycles. The highest BCUT2D eigenvalue weighted by Crippen LogP contribution is 2.12. The summed E-state index contributed by atoms with van der Waals surface area (Å²) >= 11 is 0. The molecule has 0 N–H and O–H groups in total. The molecule has 0 fully saturated rings. The van der Waals surface area contributed by atoms with Gasteiger partial charge >= 0.3 is 11.9 Å². The fourth-order valence-electron chi connectivity index (χ4n) is 5.00. The Kier molecular flexibility index (Phi) is 31.0. The Morgan fingerprint density at radius 3 is 0.975 bits per heavy atom. The molecule has 0 aliphatic carbocycles. The van der Waals surface area contributed by atoms with Gasteiger partial charge in [-0.3, -0.25) is 14.4 Å². The number of carbonyl (C=O) groups excluding carboxylic acids is 3. The molecule has 0 bridgehead atoms. The summed E-state index contributed by atoms with van der Waals surface area (Å²) in [6.45, 7) is 5.58. The molecule has 0 radical (unpaired) electrons. The van der Waals surface area contributed by atoms with Crippen molar-refractivity contribution < 1.29 is 23.9 Å². The van der Waals surface area contributed by atoms with E-state index in [0.29, 0.717) is 44.7 Å². The largest absolute Gasteiger partial charge is 0.466 e. The summed E-state index contributed by atoms with van der Waals surface area (Å²) in [6, 6.07) is 0. The Morgan fingerprint density at radius 2 is 0.625 bits per heavy atom. The van der Waals surface area contributed by atoms with Crippen molar-refractivity contribution in [3.63, 3.8) is 0 Å². The second kappa shape index (κ2) is 32.1. The van der Waals surface area contributed by atoms with Gasteiger partial charge < -0.3 is 9.47 Å². The molecule has 0 aromatic carbocycles. The van der Waals surface area contributed by atoms with Gasteiger partial charge in [0.25, 0.3) is 0 Å². The summed E-state index contributed by atoms with van der Waals surface area (Å²) in [5, 5.41) is 0. The van der Waals surface area contributed by atoms with Crippen LogP contribution < -0.4 is 0 Å². The second-order valence-electron chi connectivity index (χ2n) is 11.8. The number of hydrogen-bond donors (Lipinski definition) is 0. The number of ketones is 1. The van der Waals surface area contributed by atoms with Gasteiger partial charge in [0, 0.05) is 25.7 Å². The molecule has 0 aromatic heterocycles. The summed E-state index contributed by atoms with van der Waals surface area (Å²) < 4.78 is 10.7. The Balaban J connectivity index is 3.36. The first-order valence-electron chi connectivity index (χ1n) is 17.4. The molecule has 40 heavy (non-hydrogen) atoms. The number of esters is 2. The van der Waals surface area contributed by atoms with Gasteiger partial charge in [-0.25, -0.2) is 0 Å². The molecule has 0 aromatic rings. The highest BCUT2D eigenvalue weighted by atomic mass is 16.5. The van der Waals surface area contributed by atoms with E-state index in [1.807, 2.05) is 0 Å². The van der Waals surface area contributed by atoms with E-state index < -0.39 is 0 Å². The molecule has 0 atom stereocenters. The number of rotatable bonds is 32. The topological polar surface area (TPSA) is 69.7 Å². The van der Waals surface area contributed by atoms with Gasteiger partial charge in [0.15, 0.2) is 0 Å². The smallest absolute Gasteiger partial charge is 0.305 e. The van der Waals surface area contributed by atoms with Crippen LogP contribution in [-0.4, -0.2) is 30.9 Å². The van der Waals surface area contributed by atoms with Gasteiger partial charge in [-0.15, -0.1) is 0 Å². The zero-order chi connectivity index (χ0) is 29.4. The van der Waals surface area contributed by atoms with E-state index >= 15 is 0 Å². The van der Waals surface area contributed by atoms with Crippen molar-refractivity contribution in [3.8, 4) is 0 Å². The summed E-state index contributed by atoms with van der Waals surface area (Å²) in [5.74, 6) is 0.0936. The van der Waals surface area contributed by atoms with Crippen LogP contribution in [0.25, 0.3) is 0 Å². The molecule has 0 amide bonds. The van der Waals surface area contributed by atoms with Crippen LogP contribution in [0, 0.1) is 0 Å². The summed E-state index contributed by atoms with van der Waals surface area (Å²) in [5.41, 5.74) is 0. The number of unbranched alkanes of at least 4 members (excludes halogenated alkanes) is 20. The predicted molar refractivity (Wildman–Crippen MR) is 168 cm³/mol. The Morgan fingerprint density at radius 1 is 0.350 bits per heavy atom. The molecule has 0 saturated carbocycles. The maximum Gasteiger partial charge on any atom is 0.305 e. The van der Waals surface area contributed by atoms with E-state index in [9.17, 15) is 14.4 Å². The fourth-order valence-corrected chi connectivity index (χ4v) is 5.00. The maximum atomic E-state index is 12.1.